The minimum atomic E-state index is 0.145. The number of rotatable bonds is 4. The number of nitrogens with two attached hydrogens (primary N) is 1. The summed E-state index contributed by atoms with van der Waals surface area (Å²) < 4.78 is 2.24. The zero-order chi connectivity index (χ0) is 14.8. The topological polar surface area (TPSA) is 43.8 Å². The molecule has 2 aromatic carbocycles. The number of imidazole rings is 1. The van der Waals surface area contributed by atoms with E-state index in [9.17, 15) is 0 Å². The van der Waals surface area contributed by atoms with Gasteiger partial charge in [-0.1, -0.05) is 48.9 Å². The van der Waals surface area contributed by atoms with Crippen molar-refractivity contribution in [3.8, 4) is 11.4 Å². The Balaban J connectivity index is 2.16. The predicted molar refractivity (Wildman–Crippen MR) is 88.2 cm³/mol. The number of fused-ring (bicyclic) bond motifs is 1. The molecule has 1 unspecified atom stereocenters. The van der Waals surface area contributed by atoms with E-state index in [1.54, 1.807) is 0 Å². The third kappa shape index (κ3) is 2.69. The van der Waals surface area contributed by atoms with Crippen LogP contribution in [-0.4, -0.2) is 15.6 Å². The van der Waals surface area contributed by atoms with Crippen LogP contribution in [0.5, 0.6) is 0 Å². The van der Waals surface area contributed by atoms with Gasteiger partial charge in [0.1, 0.15) is 5.82 Å². The molecular formula is C18H21N3. The van der Waals surface area contributed by atoms with E-state index in [0.717, 1.165) is 35.4 Å². The van der Waals surface area contributed by atoms with Gasteiger partial charge >= 0.3 is 0 Å². The van der Waals surface area contributed by atoms with Crippen molar-refractivity contribution in [2.24, 2.45) is 5.73 Å². The van der Waals surface area contributed by atoms with Crippen molar-refractivity contribution in [3.05, 3.63) is 54.1 Å². The number of hydrogen-bond acceptors (Lipinski definition) is 2. The minimum absolute atomic E-state index is 0.145. The van der Waals surface area contributed by atoms with Gasteiger partial charge in [-0.05, 0) is 25.5 Å². The van der Waals surface area contributed by atoms with Crippen LogP contribution in [0.25, 0.3) is 22.4 Å². The van der Waals surface area contributed by atoms with Crippen molar-refractivity contribution in [3.63, 3.8) is 0 Å². The lowest BCUT2D eigenvalue weighted by molar-refractivity contribution is 0.551. The lowest BCUT2D eigenvalue weighted by Gasteiger charge is -2.14. The first-order chi connectivity index (χ1) is 10.2. The molecule has 1 atom stereocenters. The van der Waals surface area contributed by atoms with Gasteiger partial charge in [0.25, 0.3) is 0 Å². The summed E-state index contributed by atoms with van der Waals surface area (Å²) in [6, 6.07) is 16.9. The second kappa shape index (κ2) is 5.70. The summed E-state index contributed by atoms with van der Waals surface area (Å²) in [5.41, 5.74) is 10.7. The molecule has 3 aromatic rings. The van der Waals surface area contributed by atoms with Gasteiger partial charge in [-0.2, -0.15) is 0 Å². The maximum absolute atomic E-state index is 6.18. The van der Waals surface area contributed by atoms with Crippen LogP contribution in [0.2, 0.25) is 0 Å². The van der Waals surface area contributed by atoms with E-state index in [1.807, 2.05) is 6.07 Å². The Morgan fingerprint density at radius 1 is 1.10 bits per heavy atom. The Bertz CT molecular complexity index is 741. The van der Waals surface area contributed by atoms with E-state index in [2.05, 4.69) is 60.9 Å². The molecule has 0 bridgehead atoms. The van der Waals surface area contributed by atoms with Gasteiger partial charge in [0.05, 0.1) is 11.0 Å². The highest BCUT2D eigenvalue weighted by Crippen LogP contribution is 2.25. The van der Waals surface area contributed by atoms with E-state index >= 15 is 0 Å². The van der Waals surface area contributed by atoms with Crippen LogP contribution in [-0.2, 0) is 6.54 Å². The van der Waals surface area contributed by atoms with Crippen LogP contribution in [0.3, 0.4) is 0 Å². The summed E-state index contributed by atoms with van der Waals surface area (Å²) in [4.78, 5) is 4.81. The first-order valence-electron chi connectivity index (χ1n) is 7.47. The summed E-state index contributed by atoms with van der Waals surface area (Å²) in [6.45, 7) is 5.01. The van der Waals surface area contributed by atoms with Crippen LogP contribution in [0.4, 0.5) is 0 Å². The first-order valence-corrected chi connectivity index (χ1v) is 7.47. The molecule has 3 heteroatoms. The molecule has 3 rings (SSSR count). The SMILES string of the molecule is CCC(N)Cn1c(-c2ccc(C)cc2)nc2ccccc21. The van der Waals surface area contributed by atoms with Crippen molar-refractivity contribution in [2.45, 2.75) is 32.9 Å². The summed E-state index contributed by atoms with van der Waals surface area (Å²) in [6.07, 6.45) is 0.958. The average Bonchev–Trinajstić information content (AvgIpc) is 2.87. The van der Waals surface area contributed by atoms with E-state index < -0.39 is 0 Å². The lowest BCUT2D eigenvalue weighted by Crippen LogP contribution is -2.25. The Kier molecular flexibility index (Phi) is 3.76. The predicted octanol–water partition coefficient (Wildman–Crippen LogP) is 3.75. The monoisotopic (exact) mass is 279 g/mol. The van der Waals surface area contributed by atoms with Crippen LogP contribution in [0.15, 0.2) is 48.5 Å². The summed E-state index contributed by atoms with van der Waals surface area (Å²) >= 11 is 0. The zero-order valence-electron chi connectivity index (χ0n) is 12.6. The molecule has 1 aromatic heterocycles. The Labute approximate surface area is 125 Å². The van der Waals surface area contributed by atoms with Crippen molar-refractivity contribution in [2.75, 3.05) is 0 Å². The molecule has 0 amide bonds. The van der Waals surface area contributed by atoms with Gasteiger partial charge in [0.15, 0.2) is 0 Å². The van der Waals surface area contributed by atoms with Crippen LogP contribution in [0.1, 0.15) is 18.9 Å². The molecule has 2 N–H and O–H groups in total. The van der Waals surface area contributed by atoms with Crippen LogP contribution in [0, 0.1) is 6.92 Å². The average molecular weight is 279 g/mol. The number of nitrogens with zero attached hydrogens (tertiary/aromatic N) is 2. The van der Waals surface area contributed by atoms with Gasteiger partial charge in [0, 0.05) is 18.2 Å². The first kappa shape index (κ1) is 13.8. The Hall–Kier alpha value is -2.13. The van der Waals surface area contributed by atoms with Gasteiger partial charge in [0.2, 0.25) is 0 Å². The van der Waals surface area contributed by atoms with E-state index in [0.29, 0.717) is 0 Å². The number of aryl methyl sites for hydroxylation is 1. The summed E-state index contributed by atoms with van der Waals surface area (Å²) in [5, 5.41) is 0. The maximum Gasteiger partial charge on any atom is 0.141 e. The van der Waals surface area contributed by atoms with Crippen molar-refractivity contribution in [1.82, 2.24) is 9.55 Å². The molecule has 108 valence electrons. The van der Waals surface area contributed by atoms with E-state index in [-0.39, 0.29) is 6.04 Å². The molecule has 0 aliphatic rings. The third-order valence-electron chi connectivity index (χ3n) is 3.91. The highest BCUT2D eigenvalue weighted by Gasteiger charge is 2.14. The zero-order valence-corrected chi connectivity index (χ0v) is 12.6. The molecule has 3 nitrogen and oxygen atoms in total. The summed E-state index contributed by atoms with van der Waals surface area (Å²) in [7, 11) is 0. The van der Waals surface area contributed by atoms with Crippen molar-refractivity contribution >= 4 is 11.0 Å². The number of hydrogen-bond donors (Lipinski definition) is 1. The molecule has 0 spiro atoms. The van der Waals surface area contributed by atoms with Crippen LogP contribution >= 0.6 is 0 Å². The highest BCUT2D eigenvalue weighted by molar-refractivity contribution is 5.80. The van der Waals surface area contributed by atoms with E-state index in [4.69, 9.17) is 10.7 Å². The second-order valence-corrected chi connectivity index (χ2v) is 5.57. The molecular weight excluding hydrogens is 258 g/mol. The van der Waals surface area contributed by atoms with E-state index in [1.165, 1.54) is 5.56 Å². The molecule has 0 saturated carbocycles. The Morgan fingerprint density at radius 2 is 1.81 bits per heavy atom. The highest BCUT2D eigenvalue weighted by atomic mass is 15.1. The molecule has 0 aliphatic heterocycles. The lowest BCUT2D eigenvalue weighted by atomic mass is 10.1. The van der Waals surface area contributed by atoms with Crippen molar-refractivity contribution in [1.29, 1.82) is 0 Å². The third-order valence-corrected chi connectivity index (χ3v) is 3.91. The van der Waals surface area contributed by atoms with Gasteiger partial charge in [-0.25, -0.2) is 4.98 Å². The molecule has 0 fully saturated rings. The standard InChI is InChI=1S/C18H21N3/c1-3-15(19)12-21-17-7-5-4-6-16(17)20-18(21)14-10-8-13(2)9-11-14/h4-11,15H,3,12,19H2,1-2H3. The molecule has 0 aliphatic carbocycles. The maximum atomic E-state index is 6.18. The summed E-state index contributed by atoms with van der Waals surface area (Å²) in [5.74, 6) is 1.00. The fourth-order valence-electron chi connectivity index (χ4n) is 2.55. The molecule has 0 saturated heterocycles. The minimum Gasteiger partial charge on any atom is -0.326 e. The largest absolute Gasteiger partial charge is 0.326 e. The molecule has 1 heterocycles. The smallest absolute Gasteiger partial charge is 0.141 e. The number of aromatic nitrogens is 2. The fourth-order valence-corrected chi connectivity index (χ4v) is 2.55. The van der Waals surface area contributed by atoms with Crippen molar-refractivity contribution < 1.29 is 0 Å². The van der Waals surface area contributed by atoms with Gasteiger partial charge in [-0.3, -0.25) is 0 Å². The molecule has 21 heavy (non-hydrogen) atoms. The fraction of sp³-hybridized carbons (Fsp3) is 0.278. The quantitative estimate of drug-likeness (QED) is 0.790. The molecule has 0 radical (unpaired) electrons. The number of benzene rings is 2. The Morgan fingerprint density at radius 3 is 2.52 bits per heavy atom. The van der Waals surface area contributed by atoms with Gasteiger partial charge in [-0.15, -0.1) is 0 Å². The van der Waals surface area contributed by atoms with Crippen LogP contribution < -0.4 is 5.73 Å². The van der Waals surface area contributed by atoms with Gasteiger partial charge < -0.3 is 10.3 Å². The normalized spacial score (nSPS) is 12.7. The number of para-hydroxylation sites is 2. The second-order valence-electron chi connectivity index (χ2n) is 5.57.